The second-order valence-corrected chi connectivity index (χ2v) is 8.57. The van der Waals surface area contributed by atoms with Crippen LogP contribution in [-0.4, -0.2) is 64.2 Å². The van der Waals surface area contributed by atoms with E-state index in [1.165, 1.54) is 10.9 Å². The molecular formula is C25H27N5O2. The maximum atomic E-state index is 13.0. The number of aromatic nitrogens is 3. The summed E-state index contributed by atoms with van der Waals surface area (Å²) < 4.78 is 1.38. The second-order valence-electron chi connectivity index (χ2n) is 8.57. The van der Waals surface area contributed by atoms with Crippen LogP contribution in [0.3, 0.4) is 0 Å². The molecule has 1 amide bonds. The van der Waals surface area contributed by atoms with Crippen molar-refractivity contribution in [1.82, 2.24) is 24.6 Å². The van der Waals surface area contributed by atoms with Crippen molar-refractivity contribution in [1.29, 1.82) is 0 Å². The Labute approximate surface area is 187 Å². The zero-order valence-electron chi connectivity index (χ0n) is 18.6. The third-order valence-electron chi connectivity index (χ3n) is 5.88. The van der Waals surface area contributed by atoms with Gasteiger partial charge in [-0.25, -0.2) is 9.67 Å². The van der Waals surface area contributed by atoms with Crippen molar-refractivity contribution >= 4 is 5.91 Å². The zero-order valence-corrected chi connectivity index (χ0v) is 18.6. The third kappa shape index (κ3) is 4.23. The molecule has 0 bridgehead atoms. The molecule has 3 heterocycles. The van der Waals surface area contributed by atoms with Gasteiger partial charge in [0.15, 0.2) is 5.82 Å². The second kappa shape index (κ2) is 8.85. The Kier molecular flexibility index (Phi) is 5.97. The van der Waals surface area contributed by atoms with E-state index in [4.69, 9.17) is 6.42 Å². The number of carbonyl (C=O) groups is 1. The van der Waals surface area contributed by atoms with Crippen molar-refractivity contribution in [2.45, 2.75) is 13.3 Å². The number of nitrogens with one attached hydrogen (secondary N) is 1. The minimum atomic E-state index is -0.209. The van der Waals surface area contributed by atoms with Gasteiger partial charge in [0.25, 0.3) is 11.5 Å². The number of aryl methyl sites for hydroxylation is 1. The molecule has 1 fully saturated rings. The van der Waals surface area contributed by atoms with Gasteiger partial charge in [-0.2, -0.15) is 0 Å². The molecule has 0 aliphatic carbocycles. The number of likely N-dealkylation sites (tertiary alicyclic amines) is 1. The maximum Gasteiger partial charge on any atom is 0.280 e. The van der Waals surface area contributed by atoms with Crippen molar-refractivity contribution in [3.8, 4) is 29.3 Å². The van der Waals surface area contributed by atoms with E-state index in [2.05, 4.69) is 35.0 Å². The lowest BCUT2D eigenvalue weighted by atomic mass is 10.0. The molecule has 0 radical (unpaired) electrons. The predicted molar refractivity (Wildman–Crippen MR) is 125 cm³/mol. The zero-order chi connectivity index (χ0) is 22.8. The standard InChI is InChI=1S/C25H27N5O2/c1-5-18-6-8-21(17(2)12-18)22-14-27-30(25(22)32)23-9-7-20(13-26-23)24(31)29-11-10-19(16-29)15-28(3)4/h1,6-9,12-14,19,27H,10-11,15-16H2,2-4H3. The van der Waals surface area contributed by atoms with Gasteiger partial charge in [0.05, 0.1) is 11.1 Å². The van der Waals surface area contributed by atoms with Crippen molar-refractivity contribution in [3.63, 3.8) is 0 Å². The first-order valence-corrected chi connectivity index (χ1v) is 10.7. The fourth-order valence-corrected chi connectivity index (χ4v) is 4.30. The summed E-state index contributed by atoms with van der Waals surface area (Å²) >= 11 is 0. The van der Waals surface area contributed by atoms with Crippen LogP contribution in [0.5, 0.6) is 0 Å². The average molecular weight is 430 g/mol. The summed E-state index contributed by atoms with van der Waals surface area (Å²) in [4.78, 5) is 34.3. The normalized spacial score (nSPS) is 15.8. The number of hydrogen-bond donors (Lipinski definition) is 1. The molecule has 2 aromatic heterocycles. The number of aromatic amines is 1. The van der Waals surface area contributed by atoms with Gasteiger partial charge >= 0.3 is 0 Å². The quantitative estimate of drug-likeness (QED) is 0.633. The van der Waals surface area contributed by atoms with Crippen LogP contribution < -0.4 is 5.56 Å². The van der Waals surface area contributed by atoms with Crippen LogP contribution in [0.1, 0.15) is 27.9 Å². The molecular weight excluding hydrogens is 402 g/mol. The number of rotatable bonds is 5. The van der Waals surface area contributed by atoms with Gasteiger partial charge in [0, 0.05) is 37.6 Å². The molecule has 164 valence electrons. The summed E-state index contributed by atoms with van der Waals surface area (Å²) in [6.07, 6.45) is 9.67. The highest BCUT2D eigenvalue weighted by Crippen LogP contribution is 2.22. The molecule has 0 saturated carbocycles. The Hall–Kier alpha value is -3.63. The number of H-pyrrole nitrogens is 1. The topological polar surface area (TPSA) is 74.2 Å². The summed E-state index contributed by atoms with van der Waals surface area (Å²) in [5.41, 5.74) is 3.37. The number of amides is 1. The highest BCUT2D eigenvalue weighted by Gasteiger charge is 2.27. The summed E-state index contributed by atoms with van der Waals surface area (Å²) in [6, 6.07) is 8.97. The summed E-state index contributed by atoms with van der Waals surface area (Å²) in [5.74, 6) is 3.51. The Morgan fingerprint density at radius 1 is 1.28 bits per heavy atom. The van der Waals surface area contributed by atoms with Gasteiger partial charge in [-0.15, -0.1) is 6.42 Å². The van der Waals surface area contributed by atoms with Crippen LogP contribution in [0.4, 0.5) is 0 Å². The van der Waals surface area contributed by atoms with Crippen molar-refractivity contribution in [3.05, 3.63) is 69.8 Å². The van der Waals surface area contributed by atoms with Gasteiger partial charge in [0.2, 0.25) is 0 Å². The summed E-state index contributed by atoms with van der Waals surface area (Å²) in [6.45, 7) is 4.42. The number of nitrogens with zero attached hydrogens (tertiary/aromatic N) is 4. The van der Waals surface area contributed by atoms with Gasteiger partial charge in [0.1, 0.15) is 0 Å². The molecule has 7 nitrogen and oxygen atoms in total. The Morgan fingerprint density at radius 3 is 2.75 bits per heavy atom. The molecule has 1 saturated heterocycles. The Bertz CT molecular complexity index is 1230. The SMILES string of the molecule is C#Cc1ccc(-c2c[nH]n(-c3ccc(C(=O)N4CCC(CN(C)C)C4)cn3)c2=O)c(C)c1. The smallest absolute Gasteiger partial charge is 0.280 e. The first-order valence-electron chi connectivity index (χ1n) is 10.7. The summed E-state index contributed by atoms with van der Waals surface area (Å²) in [5, 5.41) is 2.97. The van der Waals surface area contributed by atoms with E-state index in [1.54, 1.807) is 18.3 Å². The van der Waals surface area contributed by atoms with Gasteiger partial charge < -0.3 is 9.80 Å². The highest BCUT2D eigenvalue weighted by atomic mass is 16.2. The Morgan fingerprint density at radius 2 is 2.09 bits per heavy atom. The third-order valence-corrected chi connectivity index (χ3v) is 5.88. The lowest BCUT2D eigenvalue weighted by molar-refractivity contribution is 0.0784. The predicted octanol–water partition coefficient (Wildman–Crippen LogP) is 2.54. The van der Waals surface area contributed by atoms with Gasteiger partial charge in [-0.05, 0) is 68.8 Å². The van der Waals surface area contributed by atoms with E-state index >= 15 is 0 Å². The first-order chi connectivity index (χ1) is 15.4. The average Bonchev–Trinajstić information content (AvgIpc) is 3.39. The van der Waals surface area contributed by atoms with Crippen LogP contribution in [0.15, 0.2) is 47.5 Å². The van der Waals surface area contributed by atoms with Crippen molar-refractivity contribution in [2.24, 2.45) is 5.92 Å². The molecule has 32 heavy (non-hydrogen) atoms. The molecule has 7 heteroatoms. The molecule has 0 spiro atoms. The van der Waals surface area contributed by atoms with Crippen LogP contribution in [0, 0.1) is 25.2 Å². The molecule has 3 aromatic rings. The molecule has 1 atom stereocenters. The largest absolute Gasteiger partial charge is 0.338 e. The van der Waals surface area contributed by atoms with Crippen molar-refractivity contribution < 1.29 is 4.79 Å². The molecule has 1 aliphatic rings. The first kappa shape index (κ1) is 21.6. The van der Waals surface area contributed by atoms with Crippen molar-refractivity contribution in [2.75, 3.05) is 33.7 Å². The van der Waals surface area contributed by atoms with Crippen LogP contribution in [0.2, 0.25) is 0 Å². The van der Waals surface area contributed by atoms with Crippen LogP contribution in [0.25, 0.3) is 16.9 Å². The maximum absolute atomic E-state index is 13.0. The van der Waals surface area contributed by atoms with E-state index in [-0.39, 0.29) is 11.5 Å². The lowest BCUT2D eigenvalue weighted by Crippen LogP contribution is -2.30. The fourth-order valence-electron chi connectivity index (χ4n) is 4.30. The molecule has 4 rings (SSSR count). The van der Waals surface area contributed by atoms with E-state index < -0.39 is 0 Å². The number of benzene rings is 1. The van der Waals surface area contributed by atoms with E-state index in [1.807, 2.05) is 30.0 Å². The molecule has 1 N–H and O–H groups in total. The van der Waals surface area contributed by atoms with Gasteiger partial charge in [-0.3, -0.25) is 14.7 Å². The van der Waals surface area contributed by atoms with Gasteiger partial charge in [-0.1, -0.05) is 12.0 Å². The van der Waals surface area contributed by atoms with E-state index in [9.17, 15) is 9.59 Å². The summed E-state index contributed by atoms with van der Waals surface area (Å²) in [7, 11) is 4.10. The minimum Gasteiger partial charge on any atom is -0.338 e. The monoisotopic (exact) mass is 429 g/mol. The Balaban J connectivity index is 1.53. The van der Waals surface area contributed by atoms with Crippen LogP contribution in [-0.2, 0) is 0 Å². The van der Waals surface area contributed by atoms with E-state index in [0.717, 1.165) is 42.7 Å². The fraction of sp³-hybridized carbons (Fsp3) is 0.320. The highest BCUT2D eigenvalue weighted by molar-refractivity contribution is 5.94. The lowest BCUT2D eigenvalue weighted by Gasteiger charge is -2.18. The number of carbonyl (C=O) groups excluding carboxylic acids is 1. The molecule has 1 aliphatic heterocycles. The van der Waals surface area contributed by atoms with Crippen LogP contribution >= 0.6 is 0 Å². The number of hydrogen-bond acceptors (Lipinski definition) is 4. The molecule has 1 unspecified atom stereocenters. The minimum absolute atomic E-state index is 0.0194. The number of terminal acetylenes is 1. The molecule has 1 aromatic carbocycles. The number of pyridine rings is 1. The van der Waals surface area contributed by atoms with E-state index in [0.29, 0.717) is 22.9 Å².